The Kier molecular flexibility index (Phi) is 4.84. The summed E-state index contributed by atoms with van der Waals surface area (Å²) in [5.41, 5.74) is 7.77. The number of benzene rings is 1. The van der Waals surface area contributed by atoms with Crippen LogP contribution in [0.1, 0.15) is 23.7 Å². The lowest BCUT2D eigenvalue weighted by molar-refractivity contribution is 0.0527. The van der Waals surface area contributed by atoms with Crippen molar-refractivity contribution >= 4 is 17.3 Å². The van der Waals surface area contributed by atoms with E-state index in [1.165, 1.54) is 0 Å². The van der Waals surface area contributed by atoms with Gasteiger partial charge in [-0.15, -0.1) is 0 Å². The number of nitrogens with two attached hydrogens (primary N) is 1. The molecule has 0 aliphatic carbocycles. The zero-order valence-electron chi connectivity index (χ0n) is 12.1. The topological polar surface area (TPSA) is 64.8 Å². The quantitative estimate of drug-likeness (QED) is 0.658. The molecule has 1 saturated heterocycles. The van der Waals surface area contributed by atoms with E-state index >= 15 is 0 Å². The van der Waals surface area contributed by atoms with Gasteiger partial charge in [0.25, 0.3) is 0 Å². The van der Waals surface area contributed by atoms with Crippen LogP contribution in [0.25, 0.3) is 0 Å². The number of esters is 1. The van der Waals surface area contributed by atoms with Crippen molar-refractivity contribution in [3.63, 3.8) is 0 Å². The van der Waals surface area contributed by atoms with Crippen LogP contribution in [0.15, 0.2) is 18.2 Å². The number of rotatable bonds is 5. The fourth-order valence-corrected chi connectivity index (χ4v) is 2.57. The molecular formula is C15H22N2O3. The first-order chi connectivity index (χ1) is 9.65. The summed E-state index contributed by atoms with van der Waals surface area (Å²) in [6.45, 7) is 4.83. The van der Waals surface area contributed by atoms with E-state index in [-0.39, 0.29) is 5.97 Å². The summed E-state index contributed by atoms with van der Waals surface area (Å²) in [7, 11) is 1.73. The Morgan fingerprint density at radius 3 is 3.00 bits per heavy atom. The molecule has 5 nitrogen and oxygen atoms in total. The van der Waals surface area contributed by atoms with E-state index in [2.05, 4.69) is 4.90 Å². The largest absolute Gasteiger partial charge is 0.462 e. The highest BCUT2D eigenvalue weighted by Crippen LogP contribution is 2.27. The zero-order chi connectivity index (χ0) is 14.5. The van der Waals surface area contributed by atoms with E-state index in [0.29, 0.717) is 23.8 Å². The lowest BCUT2D eigenvalue weighted by Crippen LogP contribution is -2.21. The predicted octanol–water partition coefficient (Wildman–Crippen LogP) is 1.92. The molecule has 110 valence electrons. The number of carbonyl (C=O) groups is 1. The van der Waals surface area contributed by atoms with Crippen LogP contribution in [-0.4, -0.2) is 39.4 Å². The van der Waals surface area contributed by atoms with E-state index in [9.17, 15) is 4.79 Å². The lowest BCUT2D eigenvalue weighted by Gasteiger charge is -2.20. The summed E-state index contributed by atoms with van der Waals surface area (Å²) in [6.07, 6.45) is 1.10. The van der Waals surface area contributed by atoms with Crippen molar-refractivity contribution in [3.8, 4) is 0 Å². The van der Waals surface area contributed by atoms with E-state index in [1.54, 1.807) is 20.1 Å². The number of carbonyl (C=O) groups excluding carboxylic acids is 1. The molecule has 1 aromatic carbocycles. The summed E-state index contributed by atoms with van der Waals surface area (Å²) in [6, 6.07) is 5.54. The fourth-order valence-electron chi connectivity index (χ4n) is 2.57. The third-order valence-corrected chi connectivity index (χ3v) is 3.59. The van der Waals surface area contributed by atoms with Crippen molar-refractivity contribution in [1.29, 1.82) is 0 Å². The Bertz CT molecular complexity index is 476. The molecule has 1 unspecified atom stereocenters. The predicted molar refractivity (Wildman–Crippen MR) is 79.0 cm³/mol. The Morgan fingerprint density at radius 1 is 1.50 bits per heavy atom. The minimum absolute atomic E-state index is 0.349. The van der Waals surface area contributed by atoms with E-state index < -0.39 is 0 Å². The summed E-state index contributed by atoms with van der Waals surface area (Å²) in [4.78, 5) is 14.1. The highest BCUT2D eigenvalue weighted by Gasteiger charge is 2.23. The Hall–Kier alpha value is -1.75. The number of methoxy groups -OCH3 is 1. The van der Waals surface area contributed by atoms with Crippen LogP contribution in [0.2, 0.25) is 0 Å². The monoisotopic (exact) mass is 278 g/mol. The maximum Gasteiger partial charge on any atom is 0.340 e. The van der Waals surface area contributed by atoms with Gasteiger partial charge in [0.05, 0.1) is 18.8 Å². The molecule has 0 aromatic heterocycles. The van der Waals surface area contributed by atoms with Gasteiger partial charge in [-0.3, -0.25) is 0 Å². The zero-order valence-corrected chi connectivity index (χ0v) is 12.1. The van der Waals surface area contributed by atoms with Gasteiger partial charge in [0.15, 0.2) is 0 Å². The molecule has 20 heavy (non-hydrogen) atoms. The number of nitrogens with zero attached hydrogens (tertiary/aromatic N) is 1. The Morgan fingerprint density at radius 2 is 2.30 bits per heavy atom. The number of anilines is 2. The van der Waals surface area contributed by atoms with E-state index in [1.807, 2.05) is 12.1 Å². The van der Waals surface area contributed by atoms with Crippen molar-refractivity contribution in [3.05, 3.63) is 23.8 Å². The first-order valence-corrected chi connectivity index (χ1v) is 6.96. The van der Waals surface area contributed by atoms with Gasteiger partial charge in [-0.25, -0.2) is 4.79 Å². The SMILES string of the molecule is CCOC(=O)c1cc(N2CCC(COC)C2)ccc1N. The molecule has 2 rings (SSSR count). The third-order valence-electron chi connectivity index (χ3n) is 3.59. The summed E-state index contributed by atoms with van der Waals surface area (Å²) >= 11 is 0. The van der Waals surface area contributed by atoms with E-state index in [4.69, 9.17) is 15.2 Å². The van der Waals surface area contributed by atoms with Gasteiger partial charge < -0.3 is 20.1 Å². The molecule has 1 aliphatic rings. The van der Waals surface area contributed by atoms with Crippen molar-refractivity contribution in [2.45, 2.75) is 13.3 Å². The van der Waals surface area contributed by atoms with Gasteiger partial charge in [0.2, 0.25) is 0 Å². The molecule has 0 radical (unpaired) electrons. The molecule has 0 spiro atoms. The second-order valence-electron chi connectivity index (χ2n) is 5.05. The molecule has 1 atom stereocenters. The number of ether oxygens (including phenoxy) is 2. The highest BCUT2D eigenvalue weighted by atomic mass is 16.5. The lowest BCUT2D eigenvalue weighted by atomic mass is 10.1. The van der Waals surface area contributed by atoms with Crippen LogP contribution < -0.4 is 10.6 Å². The standard InChI is InChI=1S/C15H22N2O3/c1-3-20-15(18)13-8-12(4-5-14(13)16)17-7-6-11(9-17)10-19-2/h4-5,8,11H,3,6-7,9-10,16H2,1-2H3. The van der Waals surface area contributed by atoms with Crippen molar-refractivity contribution in [2.75, 3.05) is 44.0 Å². The molecule has 0 bridgehead atoms. The molecule has 1 heterocycles. The second-order valence-corrected chi connectivity index (χ2v) is 5.05. The smallest absolute Gasteiger partial charge is 0.340 e. The number of hydrogen-bond acceptors (Lipinski definition) is 5. The van der Waals surface area contributed by atoms with Crippen LogP contribution in [0.5, 0.6) is 0 Å². The van der Waals surface area contributed by atoms with Crippen LogP contribution >= 0.6 is 0 Å². The average molecular weight is 278 g/mol. The molecule has 1 aliphatic heterocycles. The maximum atomic E-state index is 11.9. The average Bonchev–Trinajstić information content (AvgIpc) is 2.88. The van der Waals surface area contributed by atoms with Gasteiger partial charge >= 0.3 is 5.97 Å². The summed E-state index contributed by atoms with van der Waals surface area (Å²) < 4.78 is 10.2. The van der Waals surface area contributed by atoms with Crippen molar-refractivity contribution < 1.29 is 14.3 Å². The fraction of sp³-hybridized carbons (Fsp3) is 0.533. The minimum Gasteiger partial charge on any atom is -0.462 e. The minimum atomic E-state index is -0.362. The maximum absolute atomic E-state index is 11.9. The first-order valence-electron chi connectivity index (χ1n) is 6.96. The van der Waals surface area contributed by atoms with Crippen molar-refractivity contribution in [1.82, 2.24) is 0 Å². The third kappa shape index (κ3) is 3.22. The van der Waals surface area contributed by atoms with Gasteiger partial charge in [-0.1, -0.05) is 0 Å². The van der Waals surface area contributed by atoms with Crippen LogP contribution in [0, 0.1) is 5.92 Å². The Balaban J connectivity index is 2.13. The summed E-state index contributed by atoms with van der Waals surface area (Å²) in [5.74, 6) is 0.183. The highest BCUT2D eigenvalue weighted by molar-refractivity contribution is 5.96. The van der Waals surface area contributed by atoms with Crippen LogP contribution in [0.4, 0.5) is 11.4 Å². The number of hydrogen-bond donors (Lipinski definition) is 1. The van der Waals surface area contributed by atoms with Gasteiger partial charge in [0.1, 0.15) is 0 Å². The molecule has 1 fully saturated rings. The van der Waals surface area contributed by atoms with Crippen molar-refractivity contribution in [2.24, 2.45) is 5.92 Å². The normalized spacial score (nSPS) is 18.3. The number of nitrogen functional groups attached to an aromatic ring is 1. The summed E-state index contributed by atoms with van der Waals surface area (Å²) in [5, 5.41) is 0. The molecule has 0 amide bonds. The molecule has 2 N–H and O–H groups in total. The van der Waals surface area contributed by atoms with Gasteiger partial charge in [0, 0.05) is 37.5 Å². The molecule has 1 aromatic rings. The molecule has 5 heteroatoms. The van der Waals surface area contributed by atoms with Gasteiger partial charge in [-0.05, 0) is 31.5 Å². The van der Waals surface area contributed by atoms with Gasteiger partial charge in [-0.2, -0.15) is 0 Å². The van der Waals surface area contributed by atoms with Crippen LogP contribution in [-0.2, 0) is 9.47 Å². The molecule has 0 saturated carbocycles. The molecular weight excluding hydrogens is 256 g/mol. The second kappa shape index (κ2) is 6.61. The first kappa shape index (κ1) is 14.7. The Labute approximate surface area is 119 Å². The van der Waals surface area contributed by atoms with E-state index in [0.717, 1.165) is 31.8 Å². The van der Waals surface area contributed by atoms with Crippen LogP contribution in [0.3, 0.4) is 0 Å².